The summed E-state index contributed by atoms with van der Waals surface area (Å²) >= 11 is 0.865. The predicted octanol–water partition coefficient (Wildman–Crippen LogP) is 2.22. The van der Waals surface area contributed by atoms with Crippen LogP contribution >= 0.6 is 11.3 Å². The van der Waals surface area contributed by atoms with E-state index in [0.717, 1.165) is 15.9 Å². The first-order valence-electron chi connectivity index (χ1n) is 11.1. The van der Waals surface area contributed by atoms with Gasteiger partial charge in [-0.25, -0.2) is 18.4 Å². The van der Waals surface area contributed by atoms with E-state index in [0.29, 0.717) is 0 Å². The van der Waals surface area contributed by atoms with E-state index in [1.807, 2.05) is 0 Å². The number of rotatable bonds is 6. The van der Waals surface area contributed by atoms with Gasteiger partial charge in [0.25, 0.3) is 5.56 Å². The third kappa shape index (κ3) is 4.35. The van der Waals surface area contributed by atoms with E-state index >= 15 is 4.39 Å². The molecule has 1 aromatic heterocycles. The van der Waals surface area contributed by atoms with Gasteiger partial charge in [0.1, 0.15) is 22.1 Å². The van der Waals surface area contributed by atoms with Crippen LogP contribution in [-0.4, -0.2) is 29.7 Å². The molecule has 0 amide bonds. The number of nitrogens with two attached hydrogens (primary N) is 1. The van der Waals surface area contributed by atoms with Crippen molar-refractivity contribution in [3.05, 3.63) is 96.4 Å². The highest BCUT2D eigenvalue weighted by Gasteiger charge is 2.41. The molecule has 2 heterocycles. The molecular weight excluding hydrogens is 490 g/mol. The molecule has 10 heteroatoms. The highest BCUT2D eigenvalue weighted by molar-refractivity contribution is 7.07. The Labute approximate surface area is 208 Å². The molecule has 0 saturated carbocycles. The smallest absolute Gasteiger partial charge is 0.338 e. The summed E-state index contributed by atoms with van der Waals surface area (Å²) in [4.78, 5) is 39.7. The summed E-state index contributed by atoms with van der Waals surface area (Å²) < 4.78 is 40.9. The third-order valence-electron chi connectivity index (χ3n) is 5.55. The van der Waals surface area contributed by atoms with Crippen LogP contribution in [0.15, 0.2) is 58.9 Å². The second-order valence-electron chi connectivity index (χ2n) is 7.69. The molecule has 1 aliphatic rings. The molecule has 0 spiro atoms. The number of carbonyl (C=O) groups excluding carboxylic acids is 2. The van der Waals surface area contributed by atoms with Crippen LogP contribution in [0.4, 0.5) is 8.78 Å². The maximum Gasteiger partial charge on any atom is 0.338 e. The van der Waals surface area contributed by atoms with Gasteiger partial charge in [-0.05, 0) is 32.1 Å². The number of thiazole rings is 1. The fourth-order valence-electron chi connectivity index (χ4n) is 4.02. The number of fused-ring (bicyclic) bond motifs is 1. The molecule has 0 fully saturated rings. The lowest BCUT2D eigenvalue weighted by atomic mass is 9.83. The van der Waals surface area contributed by atoms with Crippen LogP contribution < -0.4 is 20.5 Å². The first-order valence-corrected chi connectivity index (χ1v) is 11.9. The molecule has 0 aliphatic carbocycles. The minimum Gasteiger partial charge on any atom is -0.463 e. The van der Waals surface area contributed by atoms with Gasteiger partial charge in [0.2, 0.25) is 0 Å². The fourth-order valence-corrected chi connectivity index (χ4v) is 5.17. The fraction of sp³-hybridized carbons (Fsp3) is 0.192. The number of hydrogen-bond donors (Lipinski definition) is 1. The minimum absolute atomic E-state index is 0.00984. The summed E-state index contributed by atoms with van der Waals surface area (Å²) in [5.41, 5.74) is 5.39. The second kappa shape index (κ2) is 10.3. The Morgan fingerprint density at radius 3 is 2.17 bits per heavy atom. The molecular formula is C26H22F2N2O5S. The predicted molar refractivity (Wildman–Crippen MR) is 131 cm³/mol. The van der Waals surface area contributed by atoms with Crippen molar-refractivity contribution >= 4 is 40.7 Å². The van der Waals surface area contributed by atoms with E-state index in [1.165, 1.54) is 42.5 Å². The van der Waals surface area contributed by atoms with Crippen molar-refractivity contribution in [3.63, 3.8) is 0 Å². The molecule has 7 nitrogen and oxygen atoms in total. The quantitative estimate of drug-likeness (QED) is 0.509. The van der Waals surface area contributed by atoms with Gasteiger partial charge in [-0.15, -0.1) is 11.3 Å². The van der Waals surface area contributed by atoms with Crippen LogP contribution in [0.25, 0.3) is 17.5 Å². The number of nitrogens with zero attached hydrogens (tertiary/aromatic N) is 1. The van der Waals surface area contributed by atoms with Gasteiger partial charge in [-0.1, -0.05) is 36.4 Å². The molecule has 0 saturated heterocycles. The van der Waals surface area contributed by atoms with Gasteiger partial charge in [0.15, 0.2) is 0 Å². The Bertz CT molecular complexity index is 1570. The zero-order valence-electron chi connectivity index (χ0n) is 19.4. The molecule has 4 rings (SSSR count). The van der Waals surface area contributed by atoms with Gasteiger partial charge >= 0.3 is 11.9 Å². The molecule has 1 atom stereocenters. The maximum atomic E-state index is 15.0. The molecule has 36 heavy (non-hydrogen) atoms. The van der Waals surface area contributed by atoms with Crippen molar-refractivity contribution in [2.24, 2.45) is 5.73 Å². The van der Waals surface area contributed by atoms with E-state index in [-0.39, 0.29) is 50.5 Å². The number of hydrogen-bond acceptors (Lipinski definition) is 7. The number of benzene rings is 2. The Balaban J connectivity index is 2.15. The summed E-state index contributed by atoms with van der Waals surface area (Å²) in [6.07, 6.45) is 1.33. The zero-order chi connectivity index (χ0) is 26.0. The average Bonchev–Trinajstić information content (AvgIpc) is 3.16. The lowest BCUT2D eigenvalue weighted by Gasteiger charge is -2.27. The zero-order valence-corrected chi connectivity index (χ0v) is 20.2. The van der Waals surface area contributed by atoms with Crippen LogP contribution in [0.5, 0.6) is 0 Å². The number of esters is 2. The third-order valence-corrected chi connectivity index (χ3v) is 6.66. The van der Waals surface area contributed by atoms with Crippen molar-refractivity contribution in [1.29, 1.82) is 0 Å². The summed E-state index contributed by atoms with van der Waals surface area (Å²) in [6, 6.07) is 11.5. The molecule has 2 N–H and O–H groups in total. The van der Waals surface area contributed by atoms with Crippen LogP contribution in [0.3, 0.4) is 0 Å². The number of ether oxygens (including phenoxy) is 2. The first kappa shape index (κ1) is 25.1. The molecule has 1 unspecified atom stereocenters. The Hall–Kier alpha value is -4.05. The normalized spacial score (nSPS) is 15.6. The van der Waals surface area contributed by atoms with E-state index < -0.39 is 35.1 Å². The van der Waals surface area contributed by atoms with Crippen LogP contribution in [-0.2, 0) is 19.1 Å². The molecule has 186 valence electrons. The monoisotopic (exact) mass is 512 g/mol. The van der Waals surface area contributed by atoms with Crippen LogP contribution in [0.2, 0.25) is 0 Å². The summed E-state index contributed by atoms with van der Waals surface area (Å²) in [5, 5.41) is 0. The Morgan fingerprint density at radius 1 is 0.972 bits per heavy atom. The Kier molecular flexibility index (Phi) is 7.16. The van der Waals surface area contributed by atoms with E-state index in [2.05, 4.69) is 0 Å². The number of aromatic nitrogens is 1. The van der Waals surface area contributed by atoms with E-state index in [1.54, 1.807) is 26.0 Å². The highest BCUT2D eigenvalue weighted by Crippen LogP contribution is 2.38. The molecule has 3 aromatic rings. The average molecular weight is 513 g/mol. The first-order chi connectivity index (χ1) is 17.3. The number of halogens is 2. The summed E-state index contributed by atoms with van der Waals surface area (Å²) in [6.45, 7) is 3.14. The molecule has 2 aromatic carbocycles. The van der Waals surface area contributed by atoms with Crippen molar-refractivity contribution in [2.75, 3.05) is 13.2 Å². The maximum absolute atomic E-state index is 15.0. The van der Waals surface area contributed by atoms with Crippen LogP contribution in [0.1, 0.15) is 30.9 Å². The van der Waals surface area contributed by atoms with Crippen molar-refractivity contribution < 1.29 is 27.8 Å². The van der Waals surface area contributed by atoms with Gasteiger partial charge in [-0.3, -0.25) is 9.36 Å². The number of carbonyl (C=O) groups is 2. The molecule has 0 bridgehead atoms. The van der Waals surface area contributed by atoms with Gasteiger partial charge in [0.05, 0.1) is 34.8 Å². The van der Waals surface area contributed by atoms with E-state index in [9.17, 15) is 18.8 Å². The lowest BCUT2D eigenvalue weighted by molar-refractivity contribution is -0.138. The van der Waals surface area contributed by atoms with Crippen molar-refractivity contribution in [2.45, 2.75) is 19.8 Å². The minimum atomic E-state index is -1.30. The van der Waals surface area contributed by atoms with Gasteiger partial charge in [0, 0.05) is 11.1 Å². The molecule has 0 radical (unpaired) electrons. The lowest BCUT2D eigenvalue weighted by Crippen LogP contribution is -2.42. The topological polar surface area (TPSA) is 101 Å². The highest BCUT2D eigenvalue weighted by atomic mass is 32.1. The van der Waals surface area contributed by atoms with E-state index in [4.69, 9.17) is 15.2 Å². The SMILES string of the molecule is CCOC(=O)C1=C(N)n2c(s/c(=C/c3ccccc3F)c2=O)=C(C(=O)OCC)C1c1ccccc1F. The summed E-state index contributed by atoms with van der Waals surface area (Å²) in [5.74, 6) is -4.61. The second-order valence-corrected chi connectivity index (χ2v) is 8.72. The van der Waals surface area contributed by atoms with Gasteiger partial charge < -0.3 is 15.2 Å². The van der Waals surface area contributed by atoms with Crippen LogP contribution in [0, 0.1) is 11.6 Å². The molecule has 1 aliphatic heterocycles. The van der Waals surface area contributed by atoms with Crippen molar-refractivity contribution in [3.8, 4) is 0 Å². The van der Waals surface area contributed by atoms with Gasteiger partial charge in [-0.2, -0.15) is 0 Å². The Morgan fingerprint density at radius 2 is 1.56 bits per heavy atom. The van der Waals surface area contributed by atoms with Crippen molar-refractivity contribution in [1.82, 2.24) is 4.57 Å². The summed E-state index contributed by atoms with van der Waals surface area (Å²) in [7, 11) is 0. The largest absolute Gasteiger partial charge is 0.463 e. The standard InChI is InChI=1S/C26H22F2N2O5S/c1-3-34-25(32)20-19(15-10-6-8-12-17(15)28)21(26(33)35-4-2)24-30(22(20)29)23(31)18(36-24)13-14-9-5-7-11-16(14)27/h5-13,19H,3-4,29H2,1-2H3/b18-13+.